The molecule has 6 nitrogen and oxygen atoms in total. The number of carboxylic acid groups (broad SMARTS) is 1. The van der Waals surface area contributed by atoms with Crippen molar-refractivity contribution in [2.45, 2.75) is 43.2 Å². The molecule has 204 valence electrons. The molecular weight excluding hydrogens is 503 g/mol. The summed E-state index contributed by atoms with van der Waals surface area (Å²) in [5, 5.41) is 10.3. The third-order valence-electron chi connectivity index (χ3n) is 7.47. The third-order valence-corrected chi connectivity index (χ3v) is 8.61. The van der Waals surface area contributed by atoms with Crippen molar-refractivity contribution in [2.24, 2.45) is 11.8 Å². The number of hydrogen-bond donors (Lipinski definition) is 1. The fourth-order valence-corrected chi connectivity index (χ4v) is 6.43. The molecule has 0 radical (unpaired) electrons. The normalized spacial score (nSPS) is 18.8. The third kappa shape index (κ3) is 7.38. The standard InChI is InChI=1S/C30H37FN2O4S/c1-36-23-9-11-27-25(19-23)24(12-14-32-27)26(31)10-8-21-13-16-33(20-22(21)18-30(34)35)15-5-17-38-29-7-4-3-6-28(29)37-2/h3-4,6-7,9,11-12,14,19,21-22,26H,5,8,10,13,15-18,20H2,1-2H3,(H,34,35)/t21-,22+,26-/m1/s1. The number of pyridine rings is 1. The molecule has 1 N–H and O–H groups in total. The topological polar surface area (TPSA) is 71.9 Å². The zero-order valence-corrected chi connectivity index (χ0v) is 23.0. The molecule has 3 atom stereocenters. The number of carboxylic acids is 1. The zero-order valence-electron chi connectivity index (χ0n) is 22.1. The Balaban J connectivity index is 1.31. The van der Waals surface area contributed by atoms with Crippen LogP contribution in [-0.2, 0) is 4.79 Å². The first-order valence-electron chi connectivity index (χ1n) is 13.2. The molecule has 2 aromatic carbocycles. The Kier molecular flexibility index (Phi) is 10.2. The van der Waals surface area contributed by atoms with Crippen molar-refractivity contribution < 1.29 is 23.8 Å². The number of nitrogens with zero attached hydrogens (tertiary/aromatic N) is 2. The number of piperidine rings is 1. The lowest BCUT2D eigenvalue weighted by Gasteiger charge is -2.38. The molecular formula is C30H37FN2O4S. The SMILES string of the molecule is COc1ccc2nccc([C@H](F)CC[C@@H]3CCN(CCCSc4ccccc4OC)C[C@@H]3CC(=O)O)c2c1. The van der Waals surface area contributed by atoms with Crippen LogP contribution >= 0.6 is 11.8 Å². The van der Waals surface area contributed by atoms with Crippen LogP contribution in [0, 0.1) is 11.8 Å². The summed E-state index contributed by atoms with van der Waals surface area (Å²) >= 11 is 1.78. The van der Waals surface area contributed by atoms with Gasteiger partial charge in [0.25, 0.3) is 0 Å². The minimum atomic E-state index is -1.14. The molecule has 0 unspecified atom stereocenters. The lowest BCUT2D eigenvalue weighted by molar-refractivity contribution is -0.139. The van der Waals surface area contributed by atoms with E-state index in [4.69, 9.17) is 9.47 Å². The smallest absolute Gasteiger partial charge is 0.303 e. The van der Waals surface area contributed by atoms with Crippen LogP contribution in [0.3, 0.4) is 0 Å². The maximum Gasteiger partial charge on any atom is 0.303 e. The second-order valence-electron chi connectivity index (χ2n) is 9.89. The van der Waals surface area contributed by atoms with Crippen molar-refractivity contribution in [2.75, 3.05) is 39.6 Å². The van der Waals surface area contributed by atoms with Gasteiger partial charge in [0.2, 0.25) is 0 Å². The van der Waals surface area contributed by atoms with E-state index in [0.717, 1.165) is 59.8 Å². The van der Waals surface area contributed by atoms with E-state index < -0.39 is 12.1 Å². The highest BCUT2D eigenvalue weighted by Gasteiger charge is 2.31. The van der Waals surface area contributed by atoms with Crippen molar-refractivity contribution in [3.8, 4) is 11.5 Å². The first kappa shape index (κ1) is 28.2. The van der Waals surface area contributed by atoms with E-state index in [9.17, 15) is 9.90 Å². The number of benzene rings is 2. The second kappa shape index (κ2) is 13.8. The fraction of sp³-hybridized carbons (Fsp3) is 0.467. The summed E-state index contributed by atoms with van der Waals surface area (Å²) in [5.41, 5.74) is 1.36. The lowest BCUT2D eigenvalue weighted by atomic mass is 9.79. The molecule has 1 aromatic heterocycles. The largest absolute Gasteiger partial charge is 0.497 e. The van der Waals surface area contributed by atoms with E-state index in [1.54, 1.807) is 38.2 Å². The number of hydrogen-bond acceptors (Lipinski definition) is 6. The quantitative estimate of drug-likeness (QED) is 0.193. The maximum absolute atomic E-state index is 15.5. The van der Waals surface area contributed by atoms with Crippen LogP contribution in [0.25, 0.3) is 10.9 Å². The summed E-state index contributed by atoms with van der Waals surface area (Å²) < 4.78 is 26.3. The van der Waals surface area contributed by atoms with Crippen LogP contribution in [0.1, 0.15) is 43.8 Å². The van der Waals surface area contributed by atoms with Gasteiger partial charge >= 0.3 is 5.97 Å². The minimum absolute atomic E-state index is 0.0320. The summed E-state index contributed by atoms with van der Waals surface area (Å²) in [6.45, 7) is 2.61. The van der Waals surface area contributed by atoms with E-state index in [1.165, 1.54) is 0 Å². The van der Waals surface area contributed by atoms with Gasteiger partial charge in [-0.25, -0.2) is 4.39 Å². The average Bonchev–Trinajstić information content (AvgIpc) is 2.94. The van der Waals surface area contributed by atoms with E-state index >= 15 is 4.39 Å². The van der Waals surface area contributed by atoms with Crippen LogP contribution in [0.15, 0.2) is 59.6 Å². The van der Waals surface area contributed by atoms with Gasteiger partial charge in [0.1, 0.15) is 17.7 Å². The number of carbonyl (C=O) groups is 1. The van der Waals surface area contributed by atoms with Crippen molar-refractivity contribution >= 4 is 28.6 Å². The molecule has 4 rings (SSSR count). The summed E-state index contributed by atoms with van der Waals surface area (Å²) in [5.74, 6) is 1.99. The molecule has 1 fully saturated rings. The zero-order chi connectivity index (χ0) is 26.9. The molecule has 3 aromatic rings. The minimum Gasteiger partial charge on any atom is -0.497 e. The van der Waals surface area contributed by atoms with Gasteiger partial charge in [-0.15, -0.1) is 11.8 Å². The predicted octanol–water partition coefficient (Wildman–Crippen LogP) is 6.64. The van der Waals surface area contributed by atoms with Gasteiger partial charge in [-0.1, -0.05) is 12.1 Å². The van der Waals surface area contributed by atoms with Gasteiger partial charge < -0.3 is 19.5 Å². The Bertz CT molecular complexity index is 1210. The summed E-state index contributed by atoms with van der Waals surface area (Å²) in [6, 6.07) is 15.3. The fourth-order valence-electron chi connectivity index (χ4n) is 5.47. The van der Waals surface area contributed by atoms with Gasteiger partial charge in [-0.2, -0.15) is 0 Å². The maximum atomic E-state index is 15.5. The highest BCUT2D eigenvalue weighted by atomic mass is 32.2. The monoisotopic (exact) mass is 540 g/mol. The van der Waals surface area contributed by atoms with Crippen LogP contribution in [0.5, 0.6) is 11.5 Å². The molecule has 0 bridgehead atoms. The van der Waals surface area contributed by atoms with Gasteiger partial charge in [0.15, 0.2) is 0 Å². The molecule has 8 heteroatoms. The summed E-state index contributed by atoms with van der Waals surface area (Å²) in [7, 11) is 3.28. The number of ether oxygens (including phenoxy) is 2. The highest BCUT2D eigenvalue weighted by Crippen LogP contribution is 2.36. The van der Waals surface area contributed by atoms with Crippen LogP contribution in [0.4, 0.5) is 4.39 Å². The predicted molar refractivity (Wildman–Crippen MR) is 150 cm³/mol. The number of halogens is 1. The molecule has 1 aliphatic rings. The van der Waals surface area contributed by atoms with E-state index in [-0.39, 0.29) is 18.3 Å². The van der Waals surface area contributed by atoms with Crippen molar-refractivity contribution in [1.29, 1.82) is 0 Å². The molecule has 38 heavy (non-hydrogen) atoms. The van der Waals surface area contributed by atoms with Crippen molar-refractivity contribution in [3.05, 3.63) is 60.3 Å². The van der Waals surface area contributed by atoms with Crippen LogP contribution in [0.2, 0.25) is 0 Å². The number of alkyl halides is 1. The Hall–Kier alpha value is -2.84. The van der Waals surface area contributed by atoms with Gasteiger partial charge in [-0.05, 0) is 98.3 Å². The molecule has 0 spiro atoms. The van der Waals surface area contributed by atoms with Crippen molar-refractivity contribution in [3.63, 3.8) is 0 Å². The lowest BCUT2D eigenvalue weighted by Crippen LogP contribution is -2.42. The Morgan fingerprint density at radius 3 is 2.82 bits per heavy atom. The number of likely N-dealkylation sites (tertiary alicyclic amines) is 1. The first-order valence-corrected chi connectivity index (χ1v) is 14.2. The van der Waals surface area contributed by atoms with E-state index in [1.807, 2.05) is 36.4 Å². The average molecular weight is 541 g/mol. The molecule has 0 amide bonds. The molecule has 0 saturated carbocycles. The van der Waals surface area contributed by atoms with Gasteiger partial charge in [0.05, 0.1) is 19.7 Å². The van der Waals surface area contributed by atoms with Gasteiger partial charge in [-0.3, -0.25) is 9.78 Å². The first-order chi connectivity index (χ1) is 18.5. The van der Waals surface area contributed by atoms with E-state index in [2.05, 4.69) is 16.0 Å². The molecule has 1 saturated heterocycles. The second-order valence-corrected chi connectivity index (χ2v) is 11.0. The number of para-hydroxylation sites is 1. The Morgan fingerprint density at radius 2 is 2.03 bits per heavy atom. The number of fused-ring (bicyclic) bond motifs is 1. The molecule has 1 aliphatic heterocycles. The summed E-state index contributed by atoms with van der Waals surface area (Å²) in [6.07, 6.45) is 3.59. The number of rotatable bonds is 13. The molecule has 2 heterocycles. The summed E-state index contributed by atoms with van der Waals surface area (Å²) in [4.78, 5) is 19.5. The number of aliphatic carboxylic acids is 1. The Morgan fingerprint density at radius 1 is 1.18 bits per heavy atom. The van der Waals surface area contributed by atoms with Crippen LogP contribution < -0.4 is 9.47 Å². The number of aromatic nitrogens is 1. The van der Waals surface area contributed by atoms with E-state index in [0.29, 0.717) is 24.2 Å². The number of thioether (sulfide) groups is 1. The van der Waals surface area contributed by atoms with Crippen molar-refractivity contribution in [1.82, 2.24) is 9.88 Å². The highest BCUT2D eigenvalue weighted by molar-refractivity contribution is 7.99. The Labute approximate surface area is 228 Å². The van der Waals surface area contributed by atoms with Gasteiger partial charge in [0, 0.05) is 29.4 Å². The van der Waals surface area contributed by atoms with Crippen LogP contribution in [-0.4, -0.2) is 60.6 Å². The number of methoxy groups -OCH3 is 2. The molecule has 0 aliphatic carbocycles.